The Hall–Kier alpha value is -2.68. The third kappa shape index (κ3) is 2.64. The summed E-state index contributed by atoms with van der Waals surface area (Å²) in [6.45, 7) is 3.34. The van der Waals surface area contributed by atoms with E-state index in [0.717, 1.165) is 6.42 Å². The minimum absolute atomic E-state index is 0.0193. The van der Waals surface area contributed by atoms with Gasteiger partial charge in [0.1, 0.15) is 11.7 Å². The van der Waals surface area contributed by atoms with Gasteiger partial charge in [0.25, 0.3) is 5.54 Å². The lowest BCUT2D eigenvalue weighted by atomic mass is 9.56. The molecular formula is C19H23N3O6. The van der Waals surface area contributed by atoms with Gasteiger partial charge in [-0.1, -0.05) is 37.6 Å². The van der Waals surface area contributed by atoms with Crippen LogP contribution in [0.1, 0.15) is 49.0 Å². The van der Waals surface area contributed by atoms with Crippen LogP contribution in [0.4, 0.5) is 0 Å². The maximum absolute atomic E-state index is 13.4. The van der Waals surface area contributed by atoms with Gasteiger partial charge in [0.05, 0.1) is 13.1 Å². The monoisotopic (exact) mass is 389 g/mol. The van der Waals surface area contributed by atoms with Gasteiger partial charge in [-0.15, -0.1) is 0 Å². The van der Waals surface area contributed by atoms with E-state index < -0.39 is 38.4 Å². The van der Waals surface area contributed by atoms with Crippen LogP contribution < -0.4 is 0 Å². The topological polar surface area (TPSA) is 124 Å². The number of nitrogens with zero attached hydrogens (tertiary/aromatic N) is 3. The Balaban J connectivity index is 2.34. The molecule has 1 fully saturated rings. The summed E-state index contributed by atoms with van der Waals surface area (Å²) in [5.41, 5.74) is -3.89. The van der Waals surface area contributed by atoms with Crippen LogP contribution in [-0.2, 0) is 10.3 Å². The maximum atomic E-state index is 13.4. The van der Waals surface area contributed by atoms with Crippen molar-refractivity contribution in [3.63, 3.8) is 0 Å². The summed E-state index contributed by atoms with van der Waals surface area (Å²) >= 11 is 0. The Morgan fingerprint density at radius 2 is 1.79 bits per heavy atom. The number of unbranched alkanes of at least 4 members (excludes halogenated alkanes) is 1. The van der Waals surface area contributed by atoms with Crippen LogP contribution in [0, 0.1) is 26.1 Å². The van der Waals surface area contributed by atoms with Crippen LogP contribution in [0.3, 0.4) is 0 Å². The first kappa shape index (κ1) is 20.1. The molecule has 0 aromatic heterocycles. The van der Waals surface area contributed by atoms with Crippen LogP contribution in [0.15, 0.2) is 24.3 Å². The first-order valence-corrected chi connectivity index (χ1v) is 9.37. The van der Waals surface area contributed by atoms with Crippen molar-refractivity contribution in [2.75, 3.05) is 19.6 Å². The molecule has 0 unspecified atom stereocenters. The largest absolute Gasteiger partial charge is 0.306 e. The molecule has 1 aromatic carbocycles. The summed E-state index contributed by atoms with van der Waals surface area (Å²) in [6, 6.07) is 6.05. The lowest BCUT2D eigenvalue weighted by molar-refractivity contribution is -0.640. The van der Waals surface area contributed by atoms with E-state index in [9.17, 15) is 29.8 Å². The van der Waals surface area contributed by atoms with E-state index in [0.29, 0.717) is 13.0 Å². The average Bonchev–Trinajstić information content (AvgIpc) is 2.64. The van der Waals surface area contributed by atoms with Gasteiger partial charge in [0, 0.05) is 27.4 Å². The highest BCUT2D eigenvalue weighted by molar-refractivity contribution is 6.06. The van der Waals surface area contributed by atoms with Crippen molar-refractivity contribution in [1.82, 2.24) is 4.90 Å². The number of carbonyl (C=O) groups excluding carboxylic acids is 2. The number of Topliss-reactive ketones (excluding diaryl/α,β-unsaturated/α-hetero) is 2. The highest BCUT2D eigenvalue weighted by atomic mass is 16.6. The predicted octanol–water partition coefficient (Wildman–Crippen LogP) is 2.08. The van der Waals surface area contributed by atoms with E-state index in [-0.39, 0.29) is 30.6 Å². The van der Waals surface area contributed by atoms with Gasteiger partial charge in [-0.25, -0.2) is 0 Å². The lowest BCUT2D eigenvalue weighted by Crippen LogP contribution is -2.75. The van der Waals surface area contributed by atoms with Crippen molar-refractivity contribution in [2.45, 2.75) is 44.2 Å². The molecule has 9 heteroatoms. The molecule has 2 bridgehead atoms. The molecule has 1 saturated heterocycles. The first-order valence-electron chi connectivity index (χ1n) is 9.37. The van der Waals surface area contributed by atoms with Gasteiger partial charge in [0.15, 0.2) is 0 Å². The summed E-state index contributed by atoms with van der Waals surface area (Å²) in [7, 11) is 0. The van der Waals surface area contributed by atoms with Crippen molar-refractivity contribution in [3.05, 3.63) is 55.6 Å². The molecule has 0 saturated carbocycles. The summed E-state index contributed by atoms with van der Waals surface area (Å²) in [5, 5.41) is 24.8. The number of benzene rings is 1. The van der Waals surface area contributed by atoms with Gasteiger partial charge < -0.3 is 4.79 Å². The Labute approximate surface area is 162 Å². The highest BCUT2D eigenvalue weighted by Gasteiger charge is 2.77. The standard InChI is InChI=1S/C19H23N3O6/c1-3-4-9-20-11-18(21(25)26)15-8-6-5-7-14(15)17(24)19(12-20,22(27)28)16(18)10-13(2)23/h5-8,16H,3-4,9-12H2,1-2H3/t16-,18-,19-/m0/s1. The van der Waals surface area contributed by atoms with Gasteiger partial charge in [0.2, 0.25) is 5.78 Å². The third-order valence-corrected chi connectivity index (χ3v) is 6.08. The average molecular weight is 389 g/mol. The third-order valence-electron chi connectivity index (χ3n) is 6.08. The Bertz CT molecular complexity index is 856. The normalized spacial score (nSPS) is 29.2. The second-order valence-corrected chi connectivity index (χ2v) is 7.76. The number of hydrogen-bond acceptors (Lipinski definition) is 7. The minimum atomic E-state index is -2.21. The lowest BCUT2D eigenvalue weighted by Gasteiger charge is -2.50. The molecule has 0 N–H and O–H groups in total. The number of ketones is 2. The maximum Gasteiger partial charge on any atom is 0.306 e. The highest BCUT2D eigenvalue weighted by Crippen LogP contribution is 2.53. The van der Waals surface area contributed by atoms with Crippen molar-refractivity contribution in [3.8, 4) is 0 Å². The first-order chi connectivity index (χ1) is 13.2. The van der Waals surface area contributed by atoms with Gasteiger partial charge in [-0.3, -0.25) is 29.9 Å². The molecule has 1 aliphatic heterocycles. The van der Waals surface area contributed by atoms with E-state index in [1.54, 1.807) is 17.0 Å². The molecule has 0 spiro atoms. The van der Waals surface area contributed by atoms with E-state index in [1.165, 1.54) is 19.1 Å². The van der Waals surface area contributed by atoms with Gasteiger partial charge in [-0.2, -0.15) is 0 Å². The molecule has 2 aliphatic rings. The van der Waals surface area contributed by atoms with Crippen LogP contribution in [-0.4, -0.2) is 51.5 Å². The van der Waals surface area contributed by atoms with E-state index in [1.807, 2.05) is 6.92 Å². The molecule has 150 valence electrons. The Kier molecular flexibility index (Phi) is 5.05. The Morgan fingerprint density at radius 1 is 1.18 bits per heavy atom. The molecule has 3 atom stereocenters. The molecule has 9 nitrogen and oxygen atoms in total. The summed E-state index contributed by atoms with van der Waals surface area (Å²) in [5.74, 6) is -2.47. The minimum Gasteiger partial charge on any atom is -0.300 e. The van der Waals surface area contributed by atoms with E-state index in [4.69, 9.17) is 0 Å². The number of likely N-dealkylation sites (tertiary alicyclic amines) is 1. The predicted molar refractivity (Wildman–Crippen MR) is 99.3 cm³/mol. The summed E-state index contributed by atoms with van der Waals surface area (Å²) < 4.78 is 0. The zero-order chi connectivity index (χ0) is 20.7. The number of piperidine rings is 1. The second kappa shape index (κ2) is 7.05. The molecule has 1 heterocycles. The van der Waals surface area contributed by atoms with Crippen molar-refractivity contribution < 1.29 is 19.4 Å². The van der Waals surface area contributed by atoms with Crippen LogP contribution in [0.5, 0.6) is 0 Å². The van der Waals surface area contributed by atoms with Gasteiger partial charge in [-0.05, 0) is 19.9 Å². The smallest absolute Gasteiger partial charge is 0.300 e. The molecule has 1 aliphatic carbocycles. The number of fused-ring (bicyclic) bond motifs is 4. The quantitative estimate of drug-likeness (QED) is 0.516. The second-order valence-electron chi connectivity index (χ2n) is 7.76. The fourth-order valence-corrected chi connectivity index (χ4v) is 4.86. The zero-order valence-electron chi connectivity index (χ0n) is 15.9. The zero-order valence-corrected chi connectivity index (χ0v) is 15.9. The molecule has 0 amide bonds. The van der Waals surface area contributed by atoms with Gasteiger partial charge >= 0.3 is 5.54 Å². The Morgan fingerprint density at radius 3 is 2.36 bits per heavy atom. The SMILES string of the molecule is CCCCN1C[C@]2([N+](=O)[O-])c3ccccc3C(=O)[C@]([N+](=O)[O-])(C1)[C@H]2CC(C)=O. The summed E-state index contributed by atoms with van der Waals surface area (Å²) in [4.78, 5) is 50.6. The number of nitro groups is 2. The van der Waals surface area contributed by atoms with E-state index in [2.05, 4.69) is 0 Å². The fourth-order valence-electron chi connectivity index (χ4n) is 4.86. The fraction of sp³-hybridized carbons (Fsp3) is 0.579. The van der Waals surface area contributed by atoms with Crippen LogP contribution >= 0.6 is 0 Å². The van der Waals surface area contributed by atoms with Crippen molar-refractivity contribution >= 4 is 11.6 Å². The van der Waals surface area contributed by atoms with Crippen LogP contribution in [0.25, 0.3) is 0 Å². The number of hydrogen-bond donors (Lipinski definition) is 0. The summed E-state index contributed by atoms with van der Waals surface area (Å²) in [6.07, 6.45) is 1.13. The van der Waals surface area contributed by atoms with E-state index >= 15 is 0 Å². The molecule has 1 aromatic rings. The van der Waals surface area contributed by atoms with Crippen molar-refractivity contribution in [1.29, 1.82) is 0 Å². The number of carbonyl (C=O) groups is 2. The molecular weight excluding hydrogens is 366 g/mol. The van der Waals surface area contributed by atoms with Crippen LogP contribution in [0.2, 0.25) is 0 Å². The molecule has 3 rings (SSSR count). The molecule has 0 radical (unpaired) electrons. The molecule has 28 heavy (non-hydrogen) atoms. The van der Waals surface area contributed by atoms with Crippen molar-refractivity contribution in [2.24, 2.45) is 5.92 Å². The number of rotatable bonds is 7.